The molecule has 0 atom stereocenters. The van der Waals surface area contributed by atoms with E-state index < -0.39 is 17.2 Å². The third-order valence-electron chi connectivity index (χ3n) is 4.02. The third-order valence-corrected chi connectivity index (χ3v) is 4.02. The predicted molar refractivity (Wildman–Crippen MR) is 106 cm³/mol. The summed E-state index contributed by atoms with van der Waals surface area (Å²) in [6.45, 7) is 1.55. The molecule has 0 bridgehead atoms. The zero-order valence-electron chi connectivity index (χ0n) is 15.3. The number of anilines is 2. The van der Waals surface area contributed by atoms with Gasteiger partial charge in [-0.05, 0) is 43.3 Å². The van der Waals surface area contributed by atoms with E-state index in [1.165, 1.54) is 30.5 Å². The summed E-state index contributed by atoms with van der Waals surface area (Å²) in [5.41, 5.74) is 1.09. The van der Waals surface area contributed by atoms with Gasteiger partial charge in [0, 0.05) is 16.9 Å². The largest absolute Gasteiger partial charge is 0.506 e. The van der Waals surface area contributed by atoms with Crippen LogP contribution in [0.2, 0.25) is 0 Å². The molecule has 0 fully saturated rings. The number of benzene rings is 2. The molecule has 0 radical (unpaired) electrons. The van der Waals surface area contributed by atoms with Crippen LogP contribution in [0.1, 0.15) is 21.7 Å². The minimum Gasteiger partial charge on any atom is -0.506 e. The van der Waals surface area contributed by atoms with Crippen molar-refractivity contribution in [3.05, 3.63) is 83.3 Å². The van der Waals surface area contributed by atoms with Gasteiger partial charge in [-0.2, -0.15) is 5.26 Å². The van der Waals surface area contributed by atoms with Gasteiger partial charge in [0.1, 0.15) is 11.8 Å². The van der Waals surface area contributed by atoms with Gasteiger partial charge in [-0.25, -0.2) is 0 Å². The van der Waals surface area contributed by atoms with E-state index in [-0.39, 0.29) is 17.2 Å². The van der Waals surface area contributed by atoms with E-state index in [9.17, 15) is 20.0 Å². The summed E-state index contributed by atoms with van der Waals surface area (Å²) in [6, 6.07) is 16.8. The smallest absolute Gasteiger partial charge is 0.270 e. The minimum atomic E-state index is -0.799. The van der Waals surface area contributed by atoms with Crippen LogP contribution in [0, 0.1) is 18.3 Å². The lowest BCUT2D eigenvalue weighted by atomic mass is 10.1. The number of para-hydroxylation sites is 1. The summed E-state index contributed by atoms with van der Waals surface area (Å²) >= 11 is 0. The van der Waals surface area contributed by atoms with Gasteiger partial charge < -0.3 is 20.3 Å². The van der Waals surface area contributed by atoms with Crippen LogP contribution in [-0.2, 0) is 4.79 Å². The molecule has 0 saturated carbocycles. The second-order valence-corrected chi connectivity index (χ2v) is 5.98. The summed E-state index contributed by atoms with van der Waals surface area (Å²) in [5.74, 6) is -1.35. The highest BCUT2D eigenvalue weighted by Crippen LogP contribution is 2.21. The number of nitriles is 1. The van der Waals surface area contributed by atoms with E-state index in [1.807, 2.05) is 18.2 Å². The number of aliphatic hydroxyl groups excluding tert-OH is 1. The monoisotopic (exact) mass is 388 g/mol. The van der Waals surface area contributed by atoms with Crippen LogP contribution in [-0.4, -0.2) is 22.1 Å². The Labute approximate surface area is 166 Å². The van der Waals surface area contributed by atoms with Gasteiger partial charge in [0.15, 0.2) is 11.3 Å². The number of aliphatic hydroxyl groups is 1. The van der Waals surface area contributed by atoms with Crippen LogP contribution >= 0.6 is 0 Å². The van der Waals surface area contributed by atoms with Crippen molar-refractivity contribution in [1.29, 1.82) is 5.26 Å². The van der Waals surface area contributed by atoms with Crippen molar-refractivity contribution in [3.63, 3.8) is 0 Å². The normalized spacial score (nSPS) is 11.2. The predicted octanol–water partition coefficient (Wildman–Crippen LogP) is 3.67. The SMILES string of the molecule is Cc1oncc1C(O)=C(C#N)C(=O)Nc1ccc(C(=O)Nc2ccccc2)cc1. The quantitative estimate of drug-likeness (QED) is 0.347. The Morgan fingerprint density at radius 1 is 1.03 bits per heavy atom. The molecule has 0 saturated heterocycles. The number of amides is 2. The fourth-order valence-corrected chi connectivity index (χ4v) is 2.50. The third kappa shape index (κ3) is 4.48. The highest BCUT2D eigenvalue weighted by molar-refractivity contribution is 6.11. The summed E-state index contributed by atoms with van der Waals surface area (Å²) in [4.78, 5) is 24.6. The van der Waals surface area contributed by atoms with Crippen molar-refractivity contribution < 1.29 is 19.2 Å². The second-order valence-electron chi connectivity index (χ2n) is 5.98. The standard InChI is InChI=1S/C21H16N4O4/c1-13-18(12-23-29-13)19(26)17(11-22)21(28)25-16-9-7-14(8-10-16)20(27)24-15-5-3-2-4-6-15/h2-10,12,26H,1H3,(H,24,27)(H,25,28). The van der Waals surface area contributed by atoms with E-state index >= 15 is 0 Å². The molecule has 3 rings (SSSR count). The molecular weight excluding hydrogens is 372 g/mol. The molecule has 1 heterocycles. The number of hydrogen-bond donors (Lipinski definition) is 3. The van der Waals surface area contributed by atoms with Gasteiger partial charge in [-0.15, -0.1) is 0 Å². The van der Waals surface area contributed by atoms with Crippen LogP contribution in [0.5, 0.6) is 0 Å². The minimum absolute atomic E-state index is 0.157. The molecule has 0 aliphatic carbocycles. The van der Waals surface area contributed by atoms with E-state index in [0.717, 1.165) is 0 Å². The van der Waals surface area contributed by atoms with Gasteiger partial charge in [-0.1, -0.05) is 23.4 Å². The first-order valence-corrected chi connectivity index (χ1v) is 8.52. The number of carbonyl (C=O) groups excluding carboxylic acids is 2. The van der Waals surface area contributed by atoms with Crippen LogP contribution < -0.4 is 10.6 Å². The molecule has 0 spiro atoms. The summed E-state index contributed by atoms with van der Waals surface area (Å²) in [5, 5.41) is 28.2. The van der Waals surface area contributed by atoms with Crippen molar-refractivity contribution in [2.75, 3.05) is 10.6 Å². The number of nitrogens with zero attached hydrogens (tertiary/aromatic N) is 2. The van der Waals surface area contributed by atoms with E-state index in [0.29, 0.717) is 16.9 Å². The molecule has 8 nitrogen and oxygen atoms in total. The van der Waals surface area contributed by atoms with Crippen LogP contribution in [0.3, 0.4) is 0 Å². The Kier molecular flexibility index (Phi) is 5.71. The molecule has 0 aliphatic rings. The average Bonchev–Trinajstić information content (AvgIpc) is 3.15. The first-order valence-electron chi connectivity index (χ1n) is 8.52. The Morgan fingerprint density at radius 2 is 1.69 bits per heavy atom. The molecular formula is C21H16N4O4. The topological polar surface area (TPSA) is 128 Å². The molecule has 3 aromatic rings. The van der Waals surface area contributed by atoms with E-state index in [1.54, 1.807) is 25.1 Å². The molecule has 2 amide bonds. The molecule has 144 valence electrons. The van der Waals surface area contributed by atoms with E-state index in [2.05, 4.69) is 15.8 Å². The van der Waals surface area contributed by atoms with Crippen LogP contribution in [0.25, 0.3) is 5.76 Å². The van der Waals surface area contributed by atoms with Crippen molar-refractivity contribution in [2.24, 2.45) is 0 Å². The van der Waals surface area contributed by atoms with Gasteiger partial charge in [0.25, 0.3) is 11.8 Å². The number of carbonyl (C=O) groups is 2. The second kappa shape index (κ2) is 8.54. The molecule has 2 aromatic carbocycles. The Hall–Kier alpha value is -4.38. The van der Waals surface area contributed by atoms with Gasteiger partial charge >= 0.3 is 0 Å². The first-order chi connectivity index (χ1) is 14.0. The molecule has 1 aromatic heterocycles. The highest BCUT2D eigenvalue weighted by atomic mass is 16.5. The molecule has 0 unspecified atom stereocenters. The Morgan fingerprint density at radius 3 is 2.28 bits per heavy atom. The Balaban J connectivity index is 1.72. The summed E-state index contributed by atoms with van der Waals surface area (Å²) < 4.78 is 4.83. The Bertz CT molecular complexity index is 1110. The maximum atomic E-state index is 12.4. The van der Waals surface area contributed by atoms with Crippen molar-refractivity contribution in [2.45, 2.75) is 6.92 Å². The lowest BCUT2D eigenvalue weighted by Crippen LogP contribution is -2.16. The van der Waals surface area contributed by atoms with E-state index in [4.69, 9.17) is 4.52 Å². The van der Waals surface area contributed by atoms with Gasteiger partial charge in [-0.3, -0.25) is 9.59 Å². The van der Waals surface area contributed by atoms with Crippen LogP contribution in [0.15, 0.2) is 70.9 Å². The number of nitrogens with one attached hydrogen (secondary N) is 2. The van der Waals surface area contributed by atoms with Crippen molar-refractivity contribution in [1.82, 2.24) is 5.16 Å². The van der Waals surface area contributed by atoms with Crippen molar-refractivity contribution in [3.8, 4) is 6.07 Å². The first kappa shape index (κ1) is 19.4. The van der Waals surface area contributed by atoms with Gasteiger partial charge in [0.2, 0.25) is 0 Å². The fourth-order valence-electron chi connectivity index (χ4n) is 2.50. The maximum Gasteiger partial charge on any atom is 0.270 e. The summed E-state index contributed by atoms with van der Waals surface area (Å²) in [6.07, 6.45) is 1.22. The molecule has 3 N–H and O–H groups in total. The average molecular weight is 388 g/mol. The molecule has 8 heteroatoms. The number of aryl methyl sites for hydroxylation is 1. The lowest BCUT2D eigenvalue weighted by Gasteiger charge is -2.08. The fraction of sp³-hybridized carbons (Fsp3) is 0.0476. The number of rotatable bonds is 5. The van der Waals surface area contributed by atoms with Gasteiger partial charge in [0.05, 0.1) is 11.8 Å². The zero-order valence-corrected chi connectivity index (χ0v) is 15.3. The zero-order chi connectivity index (χ0) is 20.8. The molecule has 0 aliphatic heterocycles. The summed E-state index contributed by atoms with van der Waals surface area (Å²) in [7, 11) is 0. The number of aromatic nitrogens is 1. The maximum absolute atomic E-state index is 12.4. The highest BCUT2D eigenvalue weighted by Gasteiger charge is 2.20. The lowest BCUT2D eigenvalue weighted by molar-refractivity contribution is -0.112. The van der Waals surface area contributed by atoms with Crippen LogP contribution in [0.4, 0.5) is 11.4 Å². The number of hydrogen-bond acceptors (Lipinski definition) is 6. The molecule has 29 heavy (non-hydrogen) atoms. The van der Waals surface area contributed by atoms with Crippen molar-refractivity contribution >= 4 is 28.9 Å².